The molecule has 3 rings (SSSR count). The van der Waals surface area contributed by atoms with E-state index in [9.17, 15) is 14.4 Å². The Morgan fingerprint density at radius 3 is 2.48 bits per heavy atom. The van der Waals surface area contributed by atoms with E-state index in [-0.39, 0.29) is 24.4 Å². The SMILES string of the molecule is O=C(O)CC1CCCN1C(=O)C1(NC(=O)NCc2ccccc2)CCCC1. The molecule has 1 aromatic rings. The fraction of sp³-hybridized carbons (Fsp3) is 0.550. The summed E-state index contributed by atoms with van der Waals surface area (Å²) >= 11 is 0. The van der Waals surface area contributed by atoms with Gasteiger partial charge >= 0.3 is 12.0 Å². The lowest BCUT2D eigenvalue weighted by Gasteiger charge is -2.35. The molecule has 1 atom stereocenters. The molecule has 7 nitrogen and oxygen atoms in total. The molecule has 1 aromatic carbocycles. The van der Waals surface area contributed by atoms with Crippen LogP contribution in [0.5, 0.6) is 0 Å². The van der Waals surface area contributed by atoms with Gasteiger partial charge in [-0.25, -0.2) is 4.79 Å². The van der Waals surface area contributed by atoms with Crippen LogP contribution in [0.2, 0.25) is 0 Å². The van der Waals surface area contributed by atoms with Crippen molar-refractivity contribution < 1.29 is 19.5 Å². The third-order valence-electron chi connectivity index (χ3n) is 5.56. The number of hydrogen-bond acceptors (Lipinski definition) is 3. The Morgan fingerprint density at radius 1 is 1.11 bits per heavy atom. The average Bonchev–Trinajstić information content (AvgIpc) is 3.30. The van der Waals surface area contributed by atoms with Gasteiger partial charge in [0.25, 0.3) is 0 Å². The van der Waals surface area contributed by atoms with Crippen molar-refractivity contribution >= 4 is 17.9 Å². The van der Waals surface area contributed by atoms with Gasteiger partial charge < -0.3 is 20.6 Å². The maximum atomic E-state index is 13.3. The van der Waals surface area contributed by atoms with Gasteiger partial charge in [0.1, 0.15) is 5.54 Å². The summed E-state index contributed by atoms with van der Waals surface area (Å²) in [5.41, 5.74) is 0.0718. The lowest BCUT2D eigenvalue weighted by molar-refractivity contribution is -0.142. The molecule has 2 fully saturated rings. The maximum absolute atomic E-state index is 13.3. The summed E-state index contributed by atoms with van der Waals surface area (Å²) in [6, 6.07) is 8.96. The van der Waals surface area contributed by atoms with E-state index in [1.54, 1.807) is 4.90 Å². The molecule has 1 saturated carbocycles. The van der Waals surface area contributed by atoms with E-state index in [0.717, 1.165) is 24.8 Å². The maximum Gasteiger partial charge on any atom is 0.315 e. The van der Waals surface area contributed by atoms with Gasteiger partial charge in [0.15, 0.2) is 0 Å². The Hall–Kier alpha value is -2.57. The Bertz CT molecular complexity index is 686. The van der Waals surface area contributed by atoms with Crippen LogP contribution in [-0.4, -0.2) is 46.0 Å². The molecule has 1 heterocycles. The first kappa shape index (κ1) is 19.2. The fourth-order valence-electron chi connectivity index (χ4n) is 4.20. The van der Waals surface area contributed by atoms with Crippen molar-refractivity contribution in [3.63, 3.8) is 0 Å². The van der Waals surface area contributed by atoms with Crippen molar-refractivity contribution in [1.29, 1.82) is 0 Å². The summed E-state index contributed by atoms with van der Waals surface area (Å²) in [5.74, 6) is -1.02. The standard InChI is InChI=1S/C20H27N3O4/c24-17(25)13-16-9-6-12-23(16)18(26)20(10-4-5-11-20)22-19(27)21-14-15-7-2-1-3-8-15/h1-3,7-8,16H,4-6,9-14H2,(H,24,25)(H2,21,22,27). The first-order valence-electron chi connectivity index (χ1n) is 9.63. The molecular formula is C20H27N3O4. The van der Waals surface area contributed by atoms with E-state index in [2.05, 4.69) is 10.6 Å². The number of carboxylic acids is 1. The van der Waals surface area contributed by atoms with E-state index in [0.29, 0.717) is 32.4 Å². The van der Waals surface area contributed by atoms with Crippen LogP contribution in [0.3, 0.4) is 0 Å². The van der Waals surface area contributed by atoms with Gasteiger partial charge in [-0.1, -0.05) is 43.2 Å². The van der Waals surface area contributed by atoms with Crippen LogP contribution in [-0.2, 0) is 16.1 Å². The van der Waals surface area contributed by atoms with Gasteiger partial charge in [0, 0.05) is 19.1 Å². The van der Waals surface area contributed by atoms with Gasteiger partial charge in [-0.15, -0.1) is 0 Å². The average molecular weight is 373 g/mol. The summed E-state index contributed by atoms with van der Waals surface area (Å²) in [6.07, 6.45) is 4.42. The molecule has 3 amide bonds. The summed E-state index contributed by atoms with van der Waals surface area (Å²) in [6.45, 7) is 0.953. The minimum absolute atomic E-state index is 0.0397. The first-order valence-corrected chi connectivity index (χ1v) is 9.63. The van der Waals surface area contributed by atoms with Crippen molar-refractivity contribution in [2.75, 3.05) is 6.54 Å². The third kappa shape index (κ3) is 4.59. The minimum atomic E-state index is -0.915. The topological polar surface area (TPSA) is 98.7 Å². The number of aliphatic carboxylic acids is 1. The van der Waals surface area contributed by atoms with Gasteiger partial charge in [-0.2, -0.15) is 0 Å². The number of carbonyl (C=O) groups is 3. The number of hydrogen-bond donors (Lipinski definition) is 3. The Morgan fingerprint density at radius 2 is 1.81 bits per heavy atom. The van der Waals surface area contributed by atoms with Crippen molar-refractivity contribution in [2.24, 2.45) is 0 Å². The lowest BCUT2D eigenvalue weighted by Crippen LogP contribution is -2.60. The van der Waals surface area contributed by atoms with Crippen molar-refractivity contribution in [3.8, 4) is 0 Å². The minimum Gasteiger partial charge on any atom is -0.481 e. The summed E-state index contributed by atoms with van der Waals surface area (Å²) < 4.78 is 0. The zero-order valence-electron chi connectivity index (χ0n) is 15.4. The van der Waals surface area contributed by atoms with Crippen LogP contribution < -0.4 is 10.6 Å². The normalized spacial score (nSPS) is 21.0. The van der Waals surface area contributed by atoms with E-state index < -0.39 is 11.5 Å². The summed E-state index contributed by atoms with van der Waals surface area (Å²) in [7, 11) is 0. The smallest absolute Gasteiger partial charge is 0.315 e. The summed E-state index contributed by atoms with van der Waals surface area (Å²) in [4.78, 5) is 38.5. The highest BCUT2D eigenvalue weighted by Gasteiger charge is 2.47. The van der Waals surface area contributed by atoms with Crippen molar-refractivity contribution in [1.82, 2.24) is 15.5 Å². The van der Waals surface area contributed by atoms with Gasteiger partial charge in [0.05, 0.1) is 6.42 Å². The fourth-order valence-corrected chi connectivity index (χ4v) is 4.20. The zero-order valence-corrected chi connectivity index (χ0v) is 15.4. The highest BCUT2D eigenvalue weighted by atomic mass is 16.4. The highest BCUT2D eigenvalue weighted by Crippen LogP contribution is 2.34. The molecule has 1 unspecified atom stereocenters. The molecule has 146 valence electrons. The largest absolute Gasteiger partial charge is 0.481 e. The molecule has 0 radical (unpaired) electrons. The predicted octanol–water partition coefficient (Wildman–Crippen LogP) is 2.26. The van der Waals surface area contributed by atoms with Crippen LogP contribution in [0.15, 0.2) is 30.3 Å². The number of rotatable bonds is 6. The second kappa shape index (κ2) is 8.41. The number of amides is 3. The van der Waals surface area contributed by atoms with Crippen LogP contribution in [0.1, 0.15) is 50.5 Å². The Labute approximate surface area is 159 Å². The number of nitrogens with zero attached hydrogens (tertiary/aromatic N) is 1. The number of nitrogens with one attached hydrogen (secondary N) is 2. The number of urea groups is 1. The molecule has 2 aliphatic rings. The van der Waals surface area contributed by atoms with Crippen LogP contribution >= 0.6 is 0 Å². The second-order valence-electron chi connectivity index (χ2n) is 7.47. The third-order valence-corrected chi connectivity index (χ3v) is 5.56. The van der Waals surface area contributed by atoms with Crippen LogP contribution in [0.4, 0.5) is 4.79 Å². The van der Waals surface area contributed by atoms with Crippen molar-refractivity contribution in [3.05, 3.63) is 35.9 Å². The number of benzene rings is 1. The molecule has 7 heteroatoms. The van der Waals surface area contributed by atoms with E-state index >= 15 is 0 Å². The first-order chi connectivity index (χ1) is 13.0. The molecule has 1 aliphatic carbocycles. The molecule has 1 aliphatic heterocycles. The van der Waals surface area contributed by atoms with Crippen LogP contribution in [0.25, 0.3) is 0 Å². The second-order valence-corrected chi connectivity index (χ2v) is 7.47. The summed E-state index contributed by atoms with van der Waals surface area (Å²) in [5, 5.41) is 14.9. The molecular weight excluding hydrogens is 346 g/mol. The number of likely N-dealkylation sites (tertiary alicyclic amines) is 1. The molecule has 1 saturated heterocycles. The van der Waals surface area contributed by atoms with Gasteiger partial charge in [-0.05, 0) is 31.2 Å². The zero-order chi connectivity index (χ0) is 19.3. The quantitative estimate of drug-likeness (QED) is 0.712. The van der Waals surface area contributed by atoms with E-state index in [1.165, 1.54) is 0 Å². The van der Waals surface area contributed by atoms with Gasteiger partial charge in [-0.3, -0.25) is 9.59 Å². The molecule has 0 bridgehead atoms. The van der Waals surface area contributed by atoms with Crippen molar-refractivity contribution in [2.45, 2.75) is 63.1 Å². The molecule has 3 N–H and O–H groups in total. The number of carbonyl (C=O) groups excluding carboxylic acids is 2. The van der Waals surface area contributed by atoms with E-state index in [1.807, 2.05) is 30.3 Å². The monoisotopic (exact) mass is 373 g/mol. The lowest BCUT2D eigenvalue weighted by atomic mass is 9.94. The Balaban J connectivity index is 1.65. The highest BCUT2D eigenvalue weighted by molar-refractivity contribution is 5.92. The Kier molecular flexibility index (Phi) is 5.98. The molecule has 0 aromatic heterocycles. The van der Waals surface area contributed by atoms with E-state index in [4.69, 9.17) is 5.11 Å². The number of carboxylic acid groups (broad SMARTS) is 1. The molecule has 27 heavy (non-hydrogen) atoms. The van der Waals surface area contributed by atoms with Crippen LogP contribution in [0, 0.1) is 0 Å². The molecule has 0 spiro atoms. The van der Waals surface area contributed by atoms with Gasteiger partial charge in [0.2, 0.25) is 5.91 Å². The predicted molar refractivity (Wildman–Crippen MR) is 100 cm³/mol.